The Morgan fingerprint density at radius 2 is 1.68 bits per heavy atom. The Kier molecular flexibility index (Phi) is 8.65. The zero-order valence-corrected chi connectivity index (χ0v) is 24.1. The van der Waals surface area contributed by atoms with Crippen molar-refractivity contribution < 1.29 is 9.59 Å². The molecule has 5 rings (SSSR count). The summed E-state index contributed by atoms with van der Waals surface area (Å²) in [5.74, 6) is 1.73. The molecular weight excluding hydrogens is 518 g/mol. The van der Waals surface area contributed by atoms with Crippen LogP contribution >= 0.6 is 11.8 Å². The van der Waals surface area contributed by atoms with E-state index in [9.17, 15) is 9.59 Å². The molecule has 1 fully saturated rings. The number of hydrogen-bond donors (Lipinski definition) is 0. The summed E-state index contributed by atoms with van der Waals surface area (Å²) in [6.45, 7) is 7.85. The number of piperazine rings is 1. The largest absolute Gasteiger partial charge is 0.339 e. The van der Waals surface area contributed by atoms with Crippen molar-refractivity contribution in [2.75, 3.05) is 25.4 Å². The zero-order valence-electron chi connectivity index (χ0n) is 23.3. The van der Waals surface area contributed by atoms with E-state index in [1.807, 2.05) is 53.1 Å². The zero-order chi connectivity index (χ0) is 28.1. The van der Waals surface area contributed by atoms with Crippen LogP contribution in [0.1, 0.15) is 41.3 Å². The lowest BCUT2D eigenvalue weighted by Gasteiger charge is -2.40. The number of aryl methyl sites for hydroxylation is 2. The standard InChI is InChI=1S/C32H35N5O2S/c1-23-14-16-26(17-15-23)30-33-34-32(37(30)28-12-7-9-24(2)21-28)40-20-8-13-29(38)35-18-19-36(25(3)22-35)31(39)27-10-5-4-6-11-27/h4-7,9-12,14-17,21,25H,8,13,18-20,22H2,1-3H3. The van der Waals surface area contributed by atoms with Crippen LogP contribution in [0.4, 0.5) is 0 Å². The van der Waals surface area contributed by atoms with Gasteiger partial charge < -0.3 is 9.80 Å². The van der Waals surface area contributed by atoms with Gasteiger partial charge in [-0.1, -0.05) is 71.9 Å². The molecule has 8 heteroatoms. The predicted molar refractivity (Wildman–Crippen MR) is 160 cm³/mol. The fourth-order valence-electron chi connectivity index (χ4n) is 5.03. The lowest BCUT2D eigenvalue weighted by Crippen LogP contribution is -2.55. The van der Waals surface area contributed by atoms with Gasteiger partial charge in [0.1, 0.15) is 0 Å². The molecule has 1 unspecified atom stereocenters. The van der Waals surface area contributed by atoms with Gasteiger partial charge in [0.15, 0.2) is 11.0 Å². The molecule has 1 aliphatic rings. The van der Waals surface area contributed by atoms with Crippen LogP contribution in [-0.4, -0.2) is 67.8 Å². The molecule has 2 amide bonds. The van der Waals surface area contributed by atoms with E-state index >= 15 is 0 Å². The summed E-state index contributed by atoms with van der Waals surface area (Å²) < 4.78 is 2.11. The second-order valence-electron chi connectivity index (χ2n) is 10.4. The molecule has 7 nitrogen and oxygen atoms in total. The van der Waals surface area contributed by atoms with E-state index < -0.39 is 0 Å². The quantitative estimate of drug-likeness (QED) is 0.204. The maximum absolute atomic E-state index is 13.0. The molecule has 0 aliphatic carbocycles. The van der Waals surface area contributed by atoms with Gasteiger partial charge in [-0.25, -0.2) is 0 Å². The van der Waals surface area contributed by atoms with Gasteiger partial charge in [0.25, 0.3) is 5.91 Å². The number of hydrogen-bond acceptors (Lipinski definition) is 5. The molecule has 0 spiro atoms. The van der Waals surface area contributed by atoms with Crippen LogP contribution in [0.25, 0.3) is 17.1 Å². The third-order valence-electron chi connectivity index (χ3n) is 7.23. The molecule has 0 radical (unpaired) electrons. The van der Waals surface area contributed by atoms with E-state index in [-0.39, 0.29) is 17.9 Å². The van der Waals surface area contributed by atoms with Crippen molar-refractivity contribution in [2.24, 2.45) is 0 Å². The molecule has 1 aliphatic heterocycles. The van der Waals surface area contributed by atoms with E-state index in [4.69, 9.17) is 0 Å². The van der Waals surface area contributed by atoms with Crippen molar-refractivity contribution in [1.29, 1.82) is 0 Å². The molecule has 206 valence electrons. The molecule has 1 aromatic heterocycles. The lowest BCUT2D eigenvalue weighted by atomic mass is 10.1. The highest BCUT2D eigenvalue weighted by molar-refractivity contribution is 7.99. The monoisotopic (exact) mass is 553 g/mol. The van der Waals surface area contributed by atoms with Crippen LogP contribution in [0.15, 0.2) is 84.0 Å². The van der Waals surface area contributed by atoms with Crippen molar-refractivity contribution in [3.05, 3.63) is 95.6 Å². The first-order valence-electron chi connectivity index (χ1n) is 13.8. The number of nitrogens with zero attached hydrogens (tertiary/aromatic N) is 5. The predicted octanol–water partition coefficient (Wildman–Crippen LogP) is 5.80. The van der Waals surface area contributed by atoms with Gasteiger partial charge in [-0.05, 0) is 57.0 Å². The third-order valence-corrected chi connectivity index (χ3v) is 8.25. The number of thioether (sulfide) groups is 1. The lowest BCUT2D eigenvalue weighted by molar-refractivity contribution is -0.133. The van der Waals surface area contributed by atoms with Crippen molar-refractivity contribution in [2.45, 2.75) is 44.8 Å². The number of aromatic nitrogens is 3. The Bertz CT molecular complexity index is 1470. The van der Waals surface area contributed by atoms with Gasteiger partial charge in [-0.3, -0.25) is 14.2 Å². The van der Waals surface area contributed by atoms with Gasteiger partial charge in [0, 0.05) is 54.7 Å². The molecule has 2 heterocycles. The van der Waals surface area contributed by atoms with Crippen molar-refractivity contribution >= 4 is 23.6 Å². The maximum Gasteiger partial charge on any atom is 0.254 e. The summed E-state index contributed by atoms with van der Waals surface area (Å²) in [5, 5.41) is 9.89. The second kappa shape index (κ2) is 12.5. The van der Waals surface area contributed by atoms with Crippen molar-refractivity contribution in [3.63, 3.8) is 0 Å². The first-order valence-corrected chi connectivity index (χ1v) is 14.8. The second-order valence-corrected chi connectivity index (χ2v) is 11.4. The van der Waals surface area contributed by atoms with Crippen LogP contribution in [0.3, 0.4) is 0 Å². The summed E-state index contributed by atoms with van der Waals surface area (Å²) in [5.41, 5.74) is 5.09. The van der Waals surface area contributed by atoms with E-state index in [0.29, 0.717) is 31.6 Å². The highest BCUT2D eigenvalue weighted by Crippen LogP contribution is 2.29. The summed E-state index contributed by atoms with van der Waals surface area (Å²) in [7, 11) is 0. The number of benzene rings is 3. The Morgan fingerprint density at radius 1 is 0.900 bits per heavy atom. The van der Waals surface area contributed by atoms with E-state index in [2.05, 4.69) is 71.1 Å². The van der Waals surface area contributed by atoms with Gasteiger partial charge in [0.05, 0.1) is 0 Å². The minimum atomic E-state index is -0.0205. The first-order chi connectivity index (χ1) is 19.4. The summed E-state index contributed by atoms with van der Waals surface area (Å²) >= 11 is 1.62. The van der Waals surface area contributed by atoms with Crippen LogP contribution in [0, 0.1) is 13.8 Å². The van der Waals surface area contributed by atoms with Gasteiger partial charge in [-0.15, -0.1) is 10.2 Å². The van der Waals surface area contributed by atoms with Crippen LogP contribution < -0.4 is 0 Å². The molecular formula is C32H35N5O2S. The summed E-state index contributed by atoms with van der Waals surface area (Å²) in [6.07, 6.45) is 1.21. The average Bonchev–Trinajstić information content (AvgIpc) is 3.39. The number of rotatable bonds is 8. The summed E-state index contributed by atoms with van der Waals surface area (Å²) in [4.78, 5) is 29.7. The molecule has 4 aromatic rings. The Balaban J connectivity index is 1.19. The SMILES string of the molecule is Cc1ccc(-c2nnc(SCCCC(=O)N3CCN(C(=O)c4ccccc4)C(C)C3)n2-c2cccc(C)c2)cc1. The van der Waals surface area contributed by atoms with E-state index in [0.717, 1.165) is 34.4 Å². The number of carbonyl (C=O) groups is 2. The molecule has 3 aromatic carbocycles. The fourth-order valence-corrected chi connectivity index (χ4v) is 5.92. The molecule has 0 N–H and O–H groups in total. The Labute approximate surface area is 240 Å². The van der Waals surface area contributed by atoms with Crippen LogP contribution in [0.5, 0.6) is 0 Å². The fraction of sp³-hybridized carbons (Fsp3) is 0.312. The molecule has 0 bridgehead atoms. The van der Waals surface area contributed by atoms with Gasteiger partial charge in [0.2, 0.25) is 5.91 Å². The van der Waals surface area contributed by atoms with Crippen molar-refractivity contribution in [1.82, 2.24) is 24.6 Å². The maximum atomic E-state index is 13.0. The molecule has 0 saturated carbocycles. The van der Waals surface area contributed by atoms with E-state index in [1.54, 1.807) is 11.8 Å². The van der Waals surface area contributed by atoms with Gasteiger partial charge in [-0.2, -0.15) is 0 Å². The minimum absolute atomic E-state index is 0.0205. The van der Waals surface area contributed by atoms with E-state index in [1.165, 1.54) is 11.1 Å². The van der Waals surface area contributed by atoms with Gasteiger partial charge >= 0.3 is 0 Å². The van der Waals surface area contributed by atoms with Crippen molar-refractivity contribution in [3.8, 4) is 17.1 Å². The van der Waals surface area contributed by atoms with Crippen LogP contribution in [-0.2, 0) is 4.79 Å². The molecule has 40 heavy (non-hydrogen) atoms. The normalized spacial score (nSPS) is 15.3. The first kappa shape index (κ1) is 27.6. The Morgan fingerprint density at radius 3 is 2.40 bits per heavy atom. The third kappa shape index (κ3) is 6.28. The Hall–Kier alpha value is -3.91. The van der Waals surface area contributed by atoms with Crippen LogP contribution in [0.2, 0.25) is 0 Å². The molecule has 1 saturated heterocycles. The smallest absolute Gasteiger partial charge is 0.254 e. The summed E-state index contributed by atoms with van der Waals surface area (Å²) in [6, 6.07) is 26.0. The highest BCUT2D eigenvalue weighted by atomic mass is 32.2. The number of carbonyl (C=O) groups excluding carboxylic acids is 2. The molecule has 1 atom stereocenters. The highest BCUT2D eigenvalue weighted by Gasteiger charge is 2.30. The topological polar surface area (TPSA) is 71.3 Å². The average molecular weight is 554 g/mol. The minimum Gasteiger partial charge on any atom is -0.339 e. The number of amides is 2.